The van der Waals surface area contributed by atoms with E-state index in [0.29, 0.717) is 0 Å². The van der Waals surface area contributed by atoms with E-state index in [1.807, 2.05) is 17.4 Å². The van der Waals surface area contributed by atoms with Gasteiger partial charge >= 0.3 is 0 Å². The molecule has 1 aromatic heterocycles. The summed E-state index contributed by atoms with van der Waals surface area (Å²) in [5.41, 5.74) is 8.03. The first-order valence-corrected chi connectivity index (χ1v) is 7.70. The molecule has 1 aliphatic rings. The Morgan fingerprint density at radius 3 is 2.60 bits per heavy atom. The van der Waals surface area contributed by atoms with Crippen molar-refractivity contribution in [3.8, 4) is 21.8 Å². The minimum Gasteiger partial charge on any atom is -0.236 e. The summed E-state index contributed by atoms with van der Waals surface area (Å²) in [5, 5.41) is 1.14. The molecule has 0 spiro atoms. The lowest BCUT2D eigenvalue weighted by Crippen LogP contribution is -1.90. The van der Waals surface area contributed by atoms with Gasteiger partial charge in [-0.25, -0.2) is 4.98 Å². The molecule has 0 amide bonds. The summed E-state index contributed by atoms with van der Waals surface area (Å²) in [6.45, 7) is 4.41. The molecule has 0 saturated heterocycles. The second kappa shape index (κ2) is 4.29. The Bertz CT molecular complexity index is 800. The van der Waals surface area contributed by atoms with Crippen LogP contribution in [0.1, 0.15) is 21.6 Å². The van der Waals surface area contributed by atoms with Crippen molar-refractivity contribution >= 4 is 11.3 Å². The fourth-order valence-electron chi connectivity index (χ4n) is 2.87. The summed E-state index contributed by atoms with van der Waals surface area (Å²) in [7, 11) is 0. The topological polar surface area (TPSA) is 12.9 Å². The van der Waals surface area contributed by atoms with Crippen molar-refractivity contribution in [1.82, 2.24) is 4.98 Å². The monoisotopic (exact) mass is 277 g/mol. The van der Waals surface area contributed by atoms with Crippen LogP contribution in [0.4, 0.5) is 0 Å². The molecule has 0 atom stereocenters. The number of aryl methyl sites for hydroxylation is 1. The lowest BCUT2D eigenvalue weighted by atomic mass is 9.99. The number of fused-ring (bicyclic) bond motifs is 3. The zero-order valence-electron chi connectivity index (χ0n) is 11.6. The van der Waals surface area contributed by atoms with Crippen LogP contribution in [0, 0.1) is 13.8 Å². The lowest BCUT2D eigenvalue weighted by molar-refractivity contribution is 1.21. The molecule has 98 valence electrons. The Hall–Kier alpha value is -1.93. The maximum Gasteiger partial charge on any atom is 0.124 e. The Morgan fingerprint density at radius 1 is 1.00 bits per heavy atom. The SMILES string of the molecule is Cc1ccc2c(c1C)Cc1sc(-c3ccccc3)nc1-2. The molecule has 0 radical (unpaired) electrons. The number of thiazole rings is 1. The summed E-state index contributed by atoms with van der Waals surface area (Å²) in [6.07, 6.45) is 1.04. The van der Waals surface area contributed by atoms with Gasteiger partial charge in [0, 0.05) is 22.4 Å². The fraction of sp³-hybridized carbons (Fsp3) is 0.167. The first-order chi connectivity index (χ1) is 9.74. The van der Waals surface area contributed by atoms with Gasteiger partial charge in [0.2, 0.25) is 0 Å². The zero-order valence-corrected chi connectivity index (χ0v) is 12.4. The normalized spacial score (nSPS) is 12.3. The van der Waals surface area contributed by atoms with Crippen molar-refractivity contribution in [1.29, 1.82) is 0 Å². The molecular formula is C18H15NS. The number of aromatic nitrogens is 1. The molecule has 0 bridgehead atoms. The summed E-state index contributed by atoms with van der Waals surface area (Å²) in [6, 6.07) is 14.9. The number of benzene rings is 2. The van der Waals surface area contributed by atoms with Crippen LogP contribution in [0.25, 0.3) is 21.8 Å². The van der Waals surface area contributed by atoms with Gasteiger partial charge in [0.25, 0.3) is 0 Å². The van der Waals surface area contributed by atoms with Gasteiger partial charge in [0.1, 0.15) is 5.01 Å². The summed E-state index contributed by atoms with van der Waals surface area (Å²) >= 11 is 1.84. The number of hydrogen-bond acceptors (Lipinski definition) is 2. The molecule has 3 aromatic rings. The van der Waals surface area contributed by atoms with Crippen LogP contribution < -0.4 is 0 Å². The third-order valence-electron chi connectivity index (χ3n) is 4.18. The van der Waals surface area contributed by atoms with Crippen LogP contribution in [-0.2, 0) is 6.42 Å². The maximum atomic E-state index is 4.89. The first kappa shape index (κ1) is 11.9. The third-order valence-corrected chi connectivity index (χ3v) is 5.28. The molecule has 1 nitrogen and oxygen atoms in total. The van der Waals surface area contributed by atoms with Crippen LogP contribution >= 0.6 is 11.3 Å². The van der Waals surface area contributed by atoms with Crippen molar-refractivity contribution in [2.75, 3.05) is 0 Å². The molecule has 1 aliphatic carbocycles. The zero-order chi connectivity index (χ0) is 13.7. The van der Waals surface area contributed by atoms with Crippen LogP contribution in [-0.4, -0.2) is 4.98 Å². The highest BCUT2D eigenvalue weighted by molar-refractivity contribution is 7.15. The maximum absolute atomic E-state index is 4.89. The molecule has 0 saturated carbocycles. The van der Waals surface area contributed by atoms with Crippen molar-refractivity contribution in [3.05, 3.63) is 64.0 Å². The van der Waals surface area contributed by atoms with Gasteiger partial charge in [-0.2, -0.15) is 0 Å². The molecule has 0 N–H and O–H groups in total. The van der Waals surface area contributed by atoms with E-state index in [-0.39, 0.29) is 0 Å². The van der Waals surface area contributed by atoms with Gasteiger partial charge in [0.05, 0.1) is 5.69 Å². The smallest absolute Gasteiger partial charge is 0.124 e. The van der Waals surface area contributed by atoms with Crippen molar-refractivity contribution < 1.29 is 0 Å². The molecule has 20 heavy (non-hydrogen) atoms. The Labute approximate surface area is 122 Å². The number of hydrogen-bond donors (Lipinski definition) is 0. The van der Waals surface area contributed by atoms with Gasteiger partial charge in [-0.05, 0) is 30.5 Å². The van der Waals surface area contributed by atoms with E-state index in [2.05, 4.69) is 50.2 Å². The van der Waals surface area contributed by atoms with Gasteiger partial charge in [0.15, 0.2) is 0 Å². The molecular weight excluding hydrogens is 262 g/mol. The minimum atomic E-state index is 1.04. The summed E-state index contributed by atoms with van der Waals surface area (Å²) < 4.78 is 0. The molecule has 0 unspecified atom stereocenters. The summed E-state index contributed by atoms with van der Waals surface area (Å²) in [5.74, 6) is 0. The van der Waals surface area contributed by atoms with E-state index in [1.54, 1.807) is 0 Å². The number of rotatable bonds is 1. The molecule has 0 fully saturated rings. The largest absolute Gasteiger partial charge is 0.236 e. The highest BCUT2D eigenvalue weighted by Gasteiger charge is 2.25. The molecule has 2 aromatic carbocycles. The van der Waals surface area contributed by atoms with E-state index in [0.717, 1.165) is 11.4 Å². The molecule has 4 rings (SSSR count). The highest BCUT2D eigenvalue weighted by atomic mass is 32.1. The van der Waals surface area contributed by atoms with Crippen LogP contribution in [0.15, 0.2) is 42.5 Å². The van der Waals surface area contributed by atoms with Crippen molar-refractivity contribution in [2.24, 2.45) is 0 Å². The first-order valence-electron chi connectivity index (χ1n) is 6.88. The van der Waals surface area contributed by atoms with E-state index in [1.165, 1.54) is 38.4 Å². The van der Waals surface area contributed by atoms with Gasteiger partial charge in [-0.1, -0.05) is 42.5 Å². The molecule has 0 aliphatic heterocycles. The van der Waals surface area contributed by atoms with Gasteiger partial charge in [-0.3, -0.25) is 0 Å². The van der Waals surface area contributed by atoms with Gasteiger partial charge < -0.3 is 0 Å². The Morgan fingerprint density at radius 2 is 1.80 bits per heavy atom. The van der Waals surface area contributed by atoms with Crippen LogP contribution in [0.5, 0.6) is 0 Å². The second-order valence-electron chi connectivity index (χ2n) is 5.37. The number of nitrogens with zero attached hydrogens (tertiary/aromatic N) is 1. The lowest BCUT2D eigenvalue weighted by Gasteiger charge is -2.07. The van der Waals surface area contributed by atoms with E-state index < -0.39 is 0 Å². The quantitative estimate of drug-likeness (QED) is 0.477. The predicted molar refractivity (Wildman–Crippen MR) is 85.3 cm³/mol. The van der Waals surface area contributed by atoms with Crippen LogP contribution in [0.2, 0.25) is 0 Å². The Balaban J connectivity index is 1.86. The standard InChI is InChI=1S/C18H15NS/c1-11-8-9-14-15(12(11)2)10-16-17(14)19-18(20-16)13-6-4-3-5-7-13/h3-9H,10H2,1-2H3. The van der Waals surface area contributed by atoms with E-state index in [9.17, 15) is 0 Å². The third kappa shape index (κ3) is 1.65. The van der Waals surface area contributed by atoms with E-state index >= 15 is 0 Å². The van der Waals surface area contributed by atoms with Crippen LogP contribution in [0.3, 0.4) is 0 Å². The Kier molecular flexibility index (Phi) is 2.54. The average Bonchev–Trinajstić information content (AvgIpc) is 3.02. The summed E-state index contributed by atoms with van der Waals surface area (Å²) in [4.78, 5) is 6.30. The average molecular weight is 277 g/mol. The fourth-order valence-corrected chi connectivity index (χ4v) is 3.96. The predicted octanol–water partition coefficient (Wildman–Crippen LogP) is 5.00. The molecule has 2 heteroatoms. The van der Waals surface area contributed by atoms with Crippen molar-refractivity contribution in [3.63, 3.8) is 0 Å². The highest BCUT2D eigenvalue weighted by Crippen LogP contribution is 2.43. The minimum absolute atomic E-state index is 1.04. The van der Waals surface area contributed by atoms with Gasteiger partial charge in [-0.15, -0.1) is 11.3 Å². The molecule has 1 heterocycles. The second-order valence-corrected chi connectivity index (χ2v) is 6.45. The van der Waals surface area contributed by atoms with E-state index in [4.69, 9.17) is 4.98 Å². The van der Waals surface area contributed by atoms with Crippen molar-refractivity contribution in [2.45, 2.75) is 20.3 Å².